The highest BCUT2D eigenvalue weighted by atomic mass is 127. The molecule has 8 nitrogen and oxygen atoms in total. The van der Waals surface area contributed by atoms with Gasteiger partial charge in [0.2, 0.25) is 0 Å². The van der Waals surface area contributed by atoms with E-state index in [4.69, 9.17) is 4.42 Å². The molecule has 0 saturated heterocycles. The van der Waals surface area contributed by atoms with Crippen LogP contribution in [0, 0.1) is 13.8 Å². The second kappa shape index (κ2) is 10.1. The first-order chi connectivity index (χ1) is 11.5. The summed E-state index contributed by atoms with van der Waals surface area (Å²) in [6.07, 6.45) is 1.47. The highest BCUT2D eigenvalue weighted by Gasteiger charge is 2.10. The molecule has 25 heavy (non-hydrogen) atoms. The number of guanidine groups is 1. The van der Waals surface area contributed by atoms with Crippen LogP contribution in [-0.4, -0.2) is 41.8 Å². The zero-order valence-electron chi connectivity index (χ0n) is 14.9. The number of carbonyl (C=O) groups is 1. The molecular weight excluding hydrogens is 435 g/mol. The van der Waals surface area contributed by atoms with Gasteiger partial charge in [-0.15, -0.1) is 24.0 Å². The molecule has 1 amide bonds. The van der Waals surface area contributed by atoms with E-state index in [1.165, 1.54) is 6.26 Å². The summed E-state index contributed by atoms with van der Waals surface area (Å²) in [5.74, 6) is 0.747. The summed E-state index contributed by atoms with van der Waals surface area (Å²) in [4.78, 5) is 15.9. The Balaban J connectivity index is 0.00000312. The molecule has 0 aromatic carbocycles. The van der Waals surface area contributed by atoms with E-state index in [9.17, 15) is 4.79 Å². The van der Waals surface area contributed by atoms with Gasteiger partial charge in [0.05, 0.1) is 12.0 Å². The van der Waals surface area contributed by atoms with Gasteiger partial charge in [0.1, 0.15) is 0 Å². The number of nitrogens with one attached hydrogen (secondary N) is 3. The smallest absolute Gasteiger partial charge is 0.287 e. The Hall–Kier alpha value is -2.04. The normalized spacial score (nSPS) is 11.0. The summed E-state index contributed by atoms with van der Waals surface area (Å²) >= 11 is 0. The average molecular weight is 460 g/mol. The SMILES string of the molecule is CN=C(NCCNC(=O)c1ccco1)NCc1c(C)nn(C)c1C.I. The standard InChI is InChI=1S/C16H24N6O2.HI/c1-11-13(12(2)22(4)21-11)10-20-16(17-3)19-8-7-18-15(23)14-6-5-9-24-14;/h5-6,9H,7-8,10H2,1-4H3,(H,18,23)(H2,17,19,20);1H. The van der Waals surface area contributed by atoms with Gasteiger partial charge in [0.15, 0.2) is 11.7 Å². The Morgan fingerprint density at radius 2 is 2.00 bits per heavy atom. The fourth-order valence-electron chi connectivity index (χ4n) is 2.32. The Bertz CT molecular complexity index is 709. The lowest BCUT2D eigenvalue weighted by molar-refractivity contribution is 0.0926. The fraction of sp³-hybridized carbons (Fsp3) is 0.438. The monoisotopic (exact) mass is 460 g/mol. The third-order valence-corrected chi connectivity index (χ3v) is 3.76. The number of aliphatic imine (C=N–C) groups is 1. The molecule has 0 aliphatic carbocycles. The fourth-order valence-corrected chi connectivity index (χ4v) is 2.32. The molecule has 2 aromatic rings. The molecule has 0 bridgehead atoms. The van der Waals surface area contributed by atoms with Crippen LogP contribution in [0.25, 0.3) is 0 Å². The van der Waals surface area contributed by atoms with E-state index >= 15 is 0 Å². The summed E-state index contributed by atoms with van der Waals surface area (Å²) in [5.41, 5.74) is 3.29. The summed E-state index contributed by atoms with van der Waals surface area (Å²) in [7, 11) is 3.64. The van der Waals surface area contributed by atoms with Crippen molar-refractivity contribution in [3.63, 3.8) is 0 Å². The minimum absolute atomic E-state index is 0. The van der Waals surface area contributed by atoms with E-state index < -0.39 is 0 Å². The van der Waals surface area contributed by atoms with Gasteiger partial charge in [-0.1, -0.05) is 0 Å². The molecule has 0 aliphatic heterocycles. The largest absolute Gasteiger partial charge is 0.459 e. The van der Waals surface area contributed by atoms with Crippen LogP contribution < -0.4 is 16.0 Å². The number of rotatable bonds is 6. The van der Waals surface area contributed by atoms with E-state index in [-0.39, 0.29) is 29.9 Å². The number of furan rings is 1. The van der Waals surface area contributed by atoms with E-state index in [2.05, 4.69) is 26.0 Å². The molecular formula is C16H25IN6O2. The van der Waals surface area contributed by atoms with Gasteiger partial charge in [-0.3, -0.25) is 14.5 Å². The van der Waals surface area contributed by atoms with Gasteiger partial charge in [-0.05, 0) is 26.0 Å². The molecule has 0 spiro atoms. The average Bonchev–Trinajstić information content (AvgIpc) is 3.17. The zero-order chi connectivity index (χ0) is 17.5. The highest BCUT2D eigenvalue weighted by molar-refractivity contribution is 14.0. The second-order valence-electron chi connectivity index (χ2n) is 5.36. The number of halogens is 1. The number of hydrogen-bond acceptors (Lipinski definition) is 4. The van der Waals surface area contributed by atoms with Crippen molar-refractivity contribution in [2.45, 2.75) is 20.4 Å². The van der Waals surface area contributed by atoms with Gasteiger partial charge in [0, 0.05) is 45.0 Å². The summed E-state index contributed by atoms with van der Waals surface area (Å²) in [5, 5.41) is 13.6. The lowest BCUT2D eigenvalue weighted by atomic mass is 10.2. The quantitative estimate of drug-likeness (QED) is 0.262. The van der Waals surface area contributed by atoms with E-state index in [0.29, 0.717) is 31.4 Å². The number of carbonyl (C=O) groups excluding carboxylic acids is 1. The summed E-state index contributed by atoms with van der Waals surface area (Å²) < 4.78 is 6.90. The van der Waals surface area contributed by atoms with Crippen LogP contribution in [0.5, 0.6) is 0 Å². The zero-order valence-corrected chi connectivity index (χ0v) is 17.3. The van der Waals surface area contributed by atoms with E-state index in [1.54, 1.807) is 19.2 Å². The lowest BCUT2D eigenvalue weighted by Crippen LogP contribution is -2.41. The first-order valence-corrected chi connectivity index (χ1v) is 7.78. The van der Waals surface area contributed by atoms with Crippen molar-refractivity contribution in [1.82, 2.24) is 25.7 Å². The summed E-state index contributed by atoms with van der Waals surface area (Å²) in [6, 6.07) is 3.31. The van der Waals surface area contributed by atoms with Crippen molar-refractivity contribution in [3.05, 3.63) is 41.1 Å². The van der Waals surface area contributed by atoms with Crippen LogP contribution in [0.15, 0.2) is 27.8 Å². The van der Waals surface area contributed by atoms with E-state index in [1.807, 2.05) is 25.6 Å². The number of nitrogens with zero attached hydrogens (tertiary/aromatic N) is 3. The predicted molar refractivity (Wildman–Crippen MR) is 107 cm³/mol. The molecule has 0 aliphatic rings. The molecule has 2 rings (SSSR count). The molecule has 2 aromatic heterocycles. The Morgan fingerprint density at radius 3 is 2.56 bits per heavy atom. The van der Waals surface area contributed by atoms with Crippen molar-refractivity contribution < 1.29 is 9.21 Å². The van der Waals surface area contributed by atoms with Gasteiger partial charge in [-0.25, -0.2) is 0 Å². The molecule has 0 atom stereocenters. The molecule has 3 N–H and O–H groups in total. The van der Waals surface area contributed by atoms with Gasteiger partial charge in [-0.2, -0.15) is 5.10 Å². The third kappa shape index (κ3) is 5.76. The first kappa shape index (κ1) is 21.0. The summed E-state index contributed by atoms with van der Waals surface area (Å²) in [6.45, 7) is 5.69. The van der Waals surface area contributed by atoms with Crippen LogP contribution in [0.1, 0.15) is 27.5 Å². The molecule has 138 valence electrons. The number of aryl methyl sites for hydroxylation is 2. The maximum atomic E-state index is 11.7. The minimum atomic E-state index is -0.230. The van der Waals surface area contributed by atoms with Crippen molar-refractivity contribution in [1.29, 1.82) is 0 Å². The maximum Gasteiger partial charge on any atom is 0.287 e. The van der Waals surface area contributed by atoms with Crippen LogP contribution in [0.4, 0.5) is 0 Å². The third-order valence-electron chi connectivity index (χ3n) is 3.76. The first-order valence-electron chi connectivity index (χ1n) is 7.78. The molecule has 9 heteroatoms. The Labute approximate surface area is 164 Å². The number of amides is 1. The van der Waals surface area contributed by atoms with Crippen molar-refractivity contribution in [2.75, 3.05) is 20.1 Å². The molecule has 0 fully saturated rings. The predicted octanol–water partition coefficient (Wildman–Crippen LogP) is 1.34. The molecule has 0 unspecified atom stereocenters. The van der Waals surface area contributed by atoms with Crippen LogP contribution in [0.3, 0.4) is 0 Å². The van der Waals surface area contributed by atoms with Crippen molar-refractivity contribution in [2.24, 2.45) is 12.0 Å². The van der Waals surface area contributed by atoms with Gasteiger partial charge >= 0.3 is 0 Å². The Morgan fingerprint density at radius 1 is 1.28 bits per heavy atom. The van der Waals surface area contributed by atoms with Gasteiger partial charge in [0.25, 0.3) is 5.91 Å². The topological polar surface area (TPSA) is 96.5 Å². The minimum Gasteiger partial charge on any atom is -0.459 e. The van der Waals surface area contributed by atoms with E-state index in [0.717, 1.165) is 17.0 Å². The van der Waals surface area contributed by atoms with Crippen LogP contribution in [0.2, 0.25) is 0 Å². The lowest BCUT2D eigenvalue weighted by Gasteiger charge is -2.12. The maximum absolute atomic E-state index is 11.7. The second-order valence-corrected chi connectivity index (χ2v) is 5.36. The van der Waals surface area contributed by atoms with Crippen LogP contribution in [-0.2, 0) is 13.6 Å². The molecule has 2 heterocycles. The van der Waals surface area contributed by atoms with Gasteiger partial charge < -0.3 is 20.4 Å². The van der Waals surface area contributed by atoms with Crippen molar-refractivity contribution in [3.8, 4) is 0 Å². The molecule has 0 saturated carbocycles. The number of hydrogen-bond donors (Lipinski definition) is 3. The van der Waals surface area contributed by atoms with Crippen molar-refractivity contribution >= 4 is 35.8 Å². The molecule has 0 radical (unpaired) electrons. The Kier molecular flexibility index (Phi) is 8.46. The highest BCUT2D eigenvalue weighted by Crippen LogP contribution is 2.10. The van der Waals surface area contributed by atoms with Crippen LogP contribution >= 0.6 is 24.0 Å². The number of aromatic nitrogens is 2.